The van der Waals surface area contributed by atoms with E-state index in [1.54, 1.807) is 4.90 Å². The Kier molecular flexibility index (Phi) is 3.20. The van der Waals surface area contributed by atoms with Gasteiger partial charge in [-0.1, -0.05) is 0 Å². The highest BCUT2D eigenvalue weighted by molar-refractivity contribution is 6.18. The van der Waals surface area contributed by atoms with Crippen LogP contribution in [0.5, 0.6) is 0 Å². The number of nitrogens with zero attached hydrogens (tertiary/aromatic N) is 3. The van der Waals surface area contributed by atoms with E-state index in [0.717, 1.165) is 0 Å². The number of carbonyl (C=O) groups is 1. The molecule has 1 saturated carbocycles. The molecule has 0 aromatic heterocycles. The van der Waals surface area contributed by atoms with Gasteiger partial charge in [0.15, 0.2) is 12.2 Å². The van der Waals surface area contributed by atoms with Crippen LogP contribution < -0.4 is 5.32 Å². The van der Waals surface area contributed by atoms with Crippen molar-refractivity contribution < 1.29 is 15.0 Å². The van der Waals surface area contributed by atoms with Crippen LogP contribution >= 0.6 is 11.6 Å². The van der Waals surface area contributed by atoms with Crippen LogP contribution in [0.25, 0.3) is 0 Å². The van der Waals surface area contributed by atoms with Crippen LogP contribution in [-0.4, -0.2) is 70.0 Å². The summed E-state index contributed by atoms with van der Waals surface area (Å²) in [6.45, 7) is 0. The molecule has 2 aliphatic heterocycles. The summed E-state index contributed by atoms with van der Waals surface area (Å²) < 4.78 is 0. The highest BCUT2D eigenvalue weighted by Crippen LogP contribution is 2.34. The van der Waals surface area contributed by atoms with Gasteiger partial charge >= 0.3 is 0 Å². The lowest BCUT2D eigenvalue weighted by Crippen LogP contribution is -2.52. The Morgan fingerprint density at radius 1 is 1.42 bits per heavy atom. The molecular weight excluding hydrogens is 272 g/mol. The number of halogens is 1. The van der Waals surface area contributed by atoms with Crippen LogP contribution in [0.2, 0.25) is 0 Å². The number of aliphatic hydroxyl groups is 2. The van der Waals surface area contributed by atoms with E-state index in [4.69, 9.17) is 11.6 Å². The monoisotopic (exact) mass is 286 g/mol. The van der Waals surface area contributed by atoms with Crippen LogP contribution in [-0.2, 0) is 4.79 Å². The van der Waals surface area contributed by atoms with E-state index in [2.05, 4.69) is 15.3 Å². The van der Waals surface area contributed by atoms with Crippen LogP contribution in [0.3, 0.4) is 0 Å². The van der Waals surface area contributed by atoms with Gasteiger partial charge in [0.25, 0.3) is 5.91 Å². The fourth-order valence-corrected chi connectivity index (χ4v) is 3.22. The van der Waals surface area contributed by atoms with Gasteiger partial charge in [0.2, 0.25) is 0 Å². The van der Waals surface area contributed by atoms with E-state index in [1.165, 1.54) is 12.7 Å². The summed E-state index contributed by atoms with van der Waals surface area (Å²) in [6, 6.07) is -0.898. The highest BCUT2D eigenvalue weighted by atomic mass is 35.5. The Hall–Kier alpha value is -1.18. The Labute approximate surface area is 115 Å². The van der Waals surface area contributed by atoms with Crippen molar-refractivity contribution in [2.45, 2.75) is 36.9 Å². The number of hydrogen-bond acceptors (Lipinski definition) is 6. The first-order valence-corrected chi connectivity index (χ1v) is 6.72. The van der Waals surface area contributed by atoms with Gasteiger partial charge < -0.3 is 20.4 Å². The van der Waals surface area contributed by atoms with Crippen molar-refractivity contribution in [3.63, 3.8) is 0 Å². The van der Waals surface area contributed by atoms with Crippen LogP contribution in [0.4, 0.5) is 0 Å². The first kappa shape index (κ1) is 12.8. The minimum absolute atomic E-state index is 0.157. The molecule has 2 heterocycles. The Morgan fingerprint density at radius 2 is 2.21 bits per heavy atom. The number of nitrogens with one attached hydrogen (secondary N) is 1. The number of alkyl halides is 1. The van der Waals surface area contributed by atoms with Gasteiger partial charge in [0.1, 0.15) is 6.10 Å². The lowest BCUT2D eigenvalue weighted by molar-refractivity contribution is -0.122. The van der Waals surface area contributed by atoms with E-state index >= 15 is 0 Å². The molecule has 0 saturated heterocycles. The number of fused-ring (bicyclic) bond motifs is 1. The van der Waals surface area contributed by atoms with Gasteiger partial charge in [-0.2, -0.15) is 0 Å². The Balaban J connectivity index is 1.81. The molecular formula is C11H15ClN4O3. The maximum atomic E-state index is 11.6. The summed E-state index contributed by atoms with van der Waals surface area (Å²) in [5.74, 6) is -0.0754. The minimum Gasteiger partial charge on any atom is -0.390 e. The zero-order chi connectivity index (χ0) is 13.6. The second-order valence-electron chi connectivity index (χ2n) is 5.06. The van der Waals surface area contributed by atoms with E-state index in [1.807, 2.05) is 0 Å². The third-order valence-electron chi connectivity index (χ3n) is 4.00. The molecule has 0 spiro atoms. The van der Waals surface area contributed by atoms with E-state index < -0.39 is 24.4 Å². The molecule has 3 rings (SSSR count). The molecule has 3 N–H and O–H groups in total. The molecule has 1 aliphatic carbocycles. The minimum atomic E-state index is -0.908. The second-order valence-corrected chi connectivity index (χ2v) is 5.36. The molecule has 0 aromatic rings. The van der Waals surface area contributed by atoms with Gasteiger partial charge in [0.05, 0.1) is 24.8 Å². The zero-order valence-corrected chi connectivity index (χ0v) is 10.8. The van der Waals surface area contributed by atoms with Crippen molar-refractivity contribution in [2.24, 2.45) is 15.9 Å². The Bertz CT molecular complexity index is 444. The van der Waals surface area contributed by atoms with Gasteiger partial charge in [0, 0.05) is 11.8 Å². The maximum Gasteiger partial charge on any atom is 0.254 e. The lowest BCUT2D eigenvalue weighted by atomic mass is 10.1. The molecule has 6 unspecified atom stereocenters. The first-order valence-electron chi connectivity index (χ1n) is 6.18. The fraction of sp³-hybridized carbons (Fsp3) is 0.727. The Morgan fingerprint density at radius 3 is 2.89 bits per heavy atom. The molecule has 0 radical (unpaired) electrons. The van der Waals surface area contributed by atoms with Crippen molar-refractivity contribution in [3.05, 3.63) is 0 Å². The predicted octanol–water partition coefficient (Wildman–Crippen LogP) is -1.47. The largest absolute Gasteiger partial charge is 0.390 e. The molecule has 0 bridgehead atoms. The smallest absolute Gasteiger partial charge is 0.254 e. The van der Waals surface area contributed by atoms with E-state index in [0.29, 0.717) is 6.42 Å². The quantitative estimate of drug-likeness (QED) is 0.540. The highest BCUT2D eigenvalue weighted by Gasteiger charge is 2.49. The summed E-state index contributed by atoms with van der Waals surface area (Å²) in [7, 11) is 0. The summed E-state index contributed by atoms with van der Waals surface area (Å²) in [5.41, 5.74) is 0. The number of carbonyl (C=O) groups excluding carboxylic acids is 1. The van der Waals surface area contributed by atoms with Crippen LogP contribution in [0.15, 0.2) is 9.98 Å². The van der Waals surface area contributed by atoms with Crippen LogP contribution in [0.1, 0.15) is 6.42 Å². The summed E-state index contributed by atoms with van der Waals surface area (Å²) in [4.78, 5) is 21.7. The molecule has 1 amide bonds. The second kappa shape index (κ2) is 4.73. The van der Waals surface area contributed by atoms with Crippen molar-refractivity contribution in [3.8, 4) is 0 Å². The average molecular weight is 287 g/mol. The summed E-state index contributed by atoms with van der Waals surface area (Å²) in [6.07, 6.45) is 1.25. The van der Waals surface area contributed by atoms with Crippen molar-refractivity contribution in [2.75, 3.05) is 5.88 Å². The van der Waals surface area contributed by atoms with Crippen LogP contribution in [0, 0.1) is 5.92 Å². The molecule has 7 nitrogen and oxygen atoms in total. The third kappa shape index (κ3) is 1.92. The third-order valence-corrected chi connectivity index (χ3v) is 4.40. The average Bonchev–Trinajstić information content (AvgIpc) is 2.94. The first-order chi connectivity index (χ1) is 9.13. The molecule has 8 heteroatoms. The van der Waals surface area contributed by atoms with Gasteiger partial charge in [-0.25, -0.2) is 4.99 Å². The van der Waals surface area contributed by atoms with Crippen molar-refractivity contribution in [1.82, 2.24) is 10.2 Å². The topological polar surface area (TPSA) is 97.5 Å². The van der Waals surface area contributed by atoms with Crippen molar-refractivity contribution in [1.29, 1.82) is 0 Å². The molecule has 0 aromatic carbocycles. The van der Waals surface area contributed by atoms with E-state index in [-0.39, 0.29) is 23.7 Å². The number of aliphatic imine (C=N–C) groups is 2. The van der Waals surface area contributed by atoms with Crippen molar-refractivity contribution >= 4 is 30.2 Å². The van der Waals surface area contributed by atoms with Gasteiger partial charge in [-0.3, -0.25) is 9.79 Å². The number of hydrogen-bond donors (Lipinski definition) is 3. The summed E-state index contributed by atoms with van der Waals surface area (Å²) in [5, 5.41) is 22.5. The van der Waals surface area contributed by atoms with E-state index in [9.17, 15) is 15.0 Å². The molecule has 3 aliphatic rings. The number of aliphatic hydroxyl groups excluding tert-OH is 2. The normalized spacial score (nSPS) is 44.6. The predicted molar refractivity (Wildman–Crippen MR) is 69.2 cm³/mol. The number of amides is 1. The maximum absolute atomic E-state index is 11.6. The summed E-state index contributed by atoms with van der Waals surface area (Å²) >= 11 is 5.78. The van der Waals surface area contributed by atoms with Gasteiger partial charge in [-0.15, -0.1) is 11.6 Å². The lowest BCUT2D eigenvalue weighted by Gasteiger charge is -2.32. The standard InChI is InChI=1S/C11H15ClN4O3/c12-2-5-1-6(9(18)8(5)17)16-4-15-7-10(16)13-3-14-11(7)19/h3-10,17-18H,1-2H2,(H,13,14,19). The fourth-order valence-electron chi connectivity index (χ4n) is 2.91. The molecule has 104 valence electrons. The van der Waals surface area contributed by atoms with Gasteiger partial charge in [-0.05, 0) is 6.42 Å². The zero-order valence-electron chi connectivity index (χ0n) is 10.1. The molecule has 6 atom stereocenters. The number of rotatable bonds is 2. The molecule has 19 heavy (non-hydrogen) atoms. The SMILES string of the molecule is O=C1NC=NC2C1N=CN2C1CC(CCl)C(O)C1O. The molecule has 1 fully saturated rings.